The van der Waals surface area contributed by atoms with Crippen molar-refractivity contribution in [2.24, 2.45) is 0 Å². The number of carbonyl (C=O) groups excluding carboxylic acids is 2. The Morgan fingerprint density at radius 1 is 0.935 bits per heavy atom. The smallest absolute Gasteiger partial charge is 0.337 e. The van der Waals surface area contributed by atoms with Crippen LogP contribution in [-0.2, 0) is 19.6 Å². The molecular weight excluding hydrogens is 531 g/mol. The minimum absolute atomic E-state index is 0.0868. The third-order valence-electron chi connectivity index (χ3n) is 4.32. The van der Waals surface area contributed by atoms with E-state index in [9.17, 15) is 18.0 Å². The highest BCUT2D eigenvalue weighted by atomic mass is 127. The molecule has 0 aliphatic carbocycles. The van der Waals surface area contributed by atoms with Crippen LogP contribution in [0.25, 0.3) is 0 Å². The van der Waals surface area contributed by atoms with Crippen LogP contribution in [0.2, 0.25) is 0 Å². The maximum atomic E-state index is 13.3. The number of amides is 1. The summed E-state index contributed by atoms with van der Waals surface area (Å²) >= 11 is 2.12. The molecule has 0 aliphatic heterocycles. The van der Waals surface area contributed by atoms with E-state index in [1.54, 1.807) is 54.6 Å². The molecule has 0 spiro atoms. The molecule has 3 aromatic rings. The largest absolute Gasteiger partial charge is 0.465 e. The average molecular weight is 550 g/mol. The fraction of sp³-hybridized carbons (Fsp3) is 0.0909. The van der Waals surface area contributed by atoms with Crippen LogP contribution in [0.15, 0.2) is 83.8 Å². The van der Waals surface area contributed by atoms with Crippen molar-refractivity contribution in [3.8, 4) is 0 Å². The van der Waals surface area contributed by atoms with Gasteiger partial charge in [0.1, 0.15) is 6.54 Å². The van der Waals surface area contributed by atoms with Crippen molar-refractivity contribution in [3.05, 3.63) is 88.0 Å². The number of esters is 1. The molecule has 160 valence electrons. The molecule has 7 nitrogen and oxygen atoms in total. The van der Waals surface area contributed by atoms with E-state index in [2.05, 4.69) is 32.6 Å². The zero-order valence-electron chi connectivity index (χ0n) is 16.5. The standard InChI is InChI=1S/C22H19IN2O5S/c1-30-22(27)16-7-11-18(12-8-16)24-21(26)15-25(19-13-9-17(23)10-14-19)31(28,29)20-5-3-2-4-6-20/h2-14H,15H2,1H3,(H,24,26). The Hall–Kier alpha value is -2.92. The maximum Gasteiger partial charge on any atom is 0.337 e. The van der Waals surface area contributed by atoms with Crippen LogP contribution >= 0.6 is 22.6 Å². The number of anilines is 2. The molecule has 0 atom stereocenters. The number of nitrogens with zero attached hydrogens (tertiary/aromatic N) is 1. The third kappa shape index (κ3) is 5.61. The lowest BCUT2D eigenvalue weighted by atomic mass is 10.2. The van der Waals surface area contributed by atoms with Gasteiger partial charge in [-0.25, -0.2) is 13.2 Å². The van der Waals surface area contributed by atoms with Crippen LogP contribution in [0.3, 0.4) is 0 Å². The second kappa shape index (κ2) is 9.92. The third-order valence-corrected chi connectivity index (χ3v) is 6.83. The van der Waals surface area contributed by atoms with E-state index in [0.717, 1.165) is 7.88 Å². The molecule has 0 unspecified atom stereocenters. The number of hydrogen-bond acceptors (Lipinski definition) is 5. The van der Waals surface area contributed by atoms with Crippen molar-refractivity contribution in [2.75, 3.05) is 23.3 Å². The Labute approximate surface area is 194 Å². The van der Waals surface area contributed by atoms with Crippen LogP contribution in [0, 0.1) is 3.57 Å². The summed E-state index contributed by atoms with van der Waals surface area (Å²) in [6, 6.07) is 20.9. The first-order valence-electron chi connectivity index (χ1n) is 9.13. The molecule has 1 amide bonds. The van der Waals surface area contributed by atoms with E-state index in [1.165, 1.54) is 31.4 Å². The first-order valence-corrected chi connectivity index (χ1v) is 11.6. The molecular formula is C22H19IN2O5S. The predicted molar refractivity (Wildman–Crippen MR) is 127 cm³/mol. The molecule has 0 aromatic heterocycles. The van der Waals surface area contributed by atoms with E-state index in [4.69, 9.17) is 0 Å². The molecule has 1 N–H and O–H groups in total. The van der Waals surface area contributed by atoms with E-state index in [-0.39, 0.29) is 4.90 Å². The van der Waals surface area contributed by atoms with E-state index < -0.39 is 28.4 Å². The van der Waals surface area contributed by atoms with Gasteiger partial charge in [0, 0.05) is 9.26 Å². The number of halogens is 1. The molecule has 0 radical (unpaired) electrons. The first-order chi connectivity index (χ1) is 14.8. The summed E-state index contributed by atoms with van der Waals surface area (Å²) in [5.41, 5.74) is 1.14. The Bertz CT molecular complexity index is 1160. The van der Waals surface area contributed by atoms with Crippen LogP contribution < -0.4 is 9.62 Å². The molecule has 0 saturated heterocycles. The lowest BCUT2D eigenvalue weighted by Crippen LogP contribution is -2.38. The molecule has 0 bridgehead atoms. The summed E-state index contributed by atoms with van der Waals surface area (Å²) < 4.78 is 33.2. The van der Waals surface area contributed by atoms with E-state index in [0.29, 0.717) is 16.9 Å². The molecule has 0 heterocycles. The highest BCUT2D eigenvalue weighted by molar-refractivity contribution is 14.1. The molecule has 9 heteroatoms. The average Bonchev–Trinajstić information content (AvgIpc) is 2.78. The topological polar surface area (TPSA) is 92.8 Å². The number of carbonyl (C=O) groups is 2. The minimum Gasteiger partial charge on any atom is -0.465 e. The van der Waals surface area contributed by atoms with Crippen molar-refractivity contribution >= 4 is 55.9 Å². The van der Waals surface area contributed by atoms with Gasteiger partial charge in [0.2, 0.25) is 5.91 Å². The van der Waals surface area contributed by atoms with Crippen molar-refractivity contribution < 1.29 is 22.7 Å². The van der Waals surface area contributed by atoms with E-state index >= 15 is 0 Å². The zero-order valence-corrected chi connectivity index (χ0v) is 19.5. The first kappa shape index (κ1) is 22.8. The summed E-state index contributed by atoms with van der Waals surface area (Å²) in [5.74, 6) is -1.01. The van der Waals surface area contributed by atoms with Gasteiger partial charge in [-0.1, -0.05) is 18.2 Å². The van der Waals surface area contributed by atoms with Gasteiger partial charge >= 0.3 is 5.97 Å². The van der Waals surface area contributed by atoms with E-state index in [1.807, 2.05) is 0 Å². The van der Waals surface area contributed by atoms with Crippen LogP contribution in [0.4, 0.5) is 11.4 Å². The predicted octanol–water partition coefficient (Wildman–Crippen LogP) is 3.91. The second-order valence-electron chi connectivity index (χ2n) is 6.42. The van der Waals surface area contributed by atoms with Crippen LogP contribution in [-0.4, -0.2) is 33.9 Å². The molecule has 3 rings (SSSR count). The van der Waals surface area contributed by atoms with Gasteiger partial charge in [-0.2, -0.15) is 0 Å². The van der Waals surface area contributed by atoms with Gasteiger partial charge < -0.3 is 10.1 Å². The lowest BCUT2D eigenvalue weighted by molar-refractivity contribution is -0.114. The van der Waals surface area contributed by atoms with Crippen molar-refractivity contribution in [2.45, 2.75) is 4.90 Å². The molecule has 31 heavy (non-hydrogen) atoms. The zero-order chi connectivity index (χ0) is 22.4. The van der Waals surface area contributed by atoms with Crippen molar-refractivity contribution in [1.29, 1.82) is 0 Å². The summed E-state index contributed by atoms with van der Waals surface area (Å²) in [4.78, 5) is 24.3. The summed E-state index contributed by atoms with van der Waals surface area (Å²) in [5, 5.41) is 2.66. The number of hydrogen-bond donors (Lipinski definition) is 1. The Balaban J connectivity index is 1.85. The van der Waals surface area contributed by atoms with Crippen molar-refractivity contribution in [3.63, 3.8) is 0 Å². The summed E-state index contributed by atoms with van der Waals surface area (Å²) in [6.07, 6.45) is 0. The van der Waals surface area contributed by atoms with Gasteiger partial charge in [0.15, 0.2) is 0 Å². The number of nitrogens with one attached hydrogen (secondary N) is 1. The number of benzene rings is 3. The molecule has 3 aromatic carbocycles. The molecule has 0 fully saturated rings. The molecule has 0 aliphatic rings. The Morgan fingerprint density at radius 2 is 1.55 bits per heavy atom. The minimum atomic E-state index is -3.97. The normalized spacial score (nSPS) is 10.9. The number of rotatable bonds is 7. The van der Waals surface area contributed by atoms with Gasteiger partial charge in [-0.3, -0.25) is 9.10 Å². The summed E-state index contributed by atoms with van der Waals surface area (Å²) in [6.45, 7) is -0.420. The van der Waals surface area contributed by atoms with Crippen LogP contribution in [0.1, 0.15) is 10.4 Å². The maximum absolute atomic E-state index is 13.3. The monoisotopic (exact) mass is 550 g/mol. The van der Waals surface area contributed by atoms with Crippen molar-refractivity contribution in [1.82, 2.24) is 0 Å². The highest BCUT2D eigenvalue weighted by Gasteiger charge is 2.27. The number of ether oxygens (including phenoxy) is 1. The second-order valence-corrected chi connectivity index (χ2v) is 9.53. The van der Waals surface area contributed by atoms with Gasteiger partial charge in [-0.05, 0) is 83.3 Å². The number of sulfonamides is 1. The van der Waals surface area contributed by atoms with Gasteiger partial charge in [0.25, 0.3) is 10.0 Å². The highest BCUT2D eigenvalue weighted by Crippen LogP contribution is 2.24. The van der Waals surface area contributed by atoms with Gasteiger partial charge in [0.05, 0.1) is 23.3 Å². The van der Waals surface area contributed by atoms with Crippen LogP contribution in [0.5, 0.6) is 0 Å². The Morgan fingerprint density at radius 3 is 2.13 bits per heavy atom. The quantitative estimate of drug-likeness (QED) is 0.356. The Kier molecular flexibility index (Phi) is 7.29. The SMILES string of the molecule is COC(=O)c1ccc(NC(=O)CN(c2ccc(I)cc2)S(=O)(=O)c2ccccc2)cc1. The fourth-order valence-corrected chi connectivity index (χ4v) is 4.58. The fourth-order valence-electron chi connectivity index (χ4n) is 2.78. The van der Waals surface area contributed by atoms with Gasteiger partial charge in [-0.15, -0.1) is 0 Å². The number of methoxy groups -OCH3 is 1. The summed E-state index contributed by atoms with van der Waals surface area (Å²) in [7, 11) is -2.68. The lowest BCUT2D eigenvalue weighted by Gasteiger charge is -2.24. The molecule has 0 saturated carbocycles.